The largest absolute Gasteiger partial charge is 0.354 e. The molecule has 1 aromatic heterocycles. The normalized spacial score (nSPS) is 12.0. The van der Waals surface area contributed by atoms with Crippen LogP contribution in [0.3, 0.4) is 0 Å². The van der Waals surface area contributed by atoms with Gasteiger partial charge in [0.2, 0.25) is 0 Å². The molecule has 0 unspecified atom stereocenters. The molecule has 0 bridgehead atoms. The molecular weight excluding hydrogens is 146 g/mol. The number of aryl methyl sites for hydroxylation is 1. The third kappa shape index (κ3) is 1.40. The van der Waals surface area contributed by atoms with Crippen LogP contribution in [0.1, 0.15) is 39.3 Å². The van der Waals surface area contributed by atoms with E-state index in [1.807, 2.05) is 0 Å². The van der Waals surface area contributed by atoms with Gasteiger partial charge < -0.3 is 4.57 Å². The third-order valence-corrected chi connectivity index (χ3v) is 3.12. The van der Waals surface area contributed by atoms with E-state index >= 15 is 0 Å². The first-order valence-electron chi connectivity index (χ1n) is 4.76. The molecule has 0 saturated heterocycles. The highest BCUT2D eigenvalue weighted by molar-refractivity contribution is 5.17. The monoisotopic (exact) mass is 165 g/mol. The minimum Gasteiger partial charge on any atom is -0.354 e. The lowest BCUT2D eigenvalue weighted by atomic mass is 9.81. The third-order valence-electron chi connectivity index (χ3n) is 3.12. The van der Waals surface area contributed by atoms with Crippen molar-refractivity contribution in [3.05, 3.63) is 24.0 Å². The Kier molecular flexibility index (Phi) is 2.61. The fraction of sp³-hybridized carbons (Fsp3) is 0.636. The summed E-state index contributed by atoms with van der Waals surface area (Å²) in [5.74, 6) is 0. The Hall–Kier alpha value is -0.720. The van der Waals surface area contributed by atoms with Gasteiger partial charge in [-0.25, -0.2) is 0 Å². The predicted molar refractivity (Wildman–Crippen MR) is 53.3 cm³/mol. The molecule has 68 valence electrons. The molecule has 0 aromatic carbocycles. The number of hydrogen-bond donors (Lipinski definition) is 0. The second-order valence-electron chi connectivity index (χ2n) is 3.77. The fourth-order valence-electron chi connectivity index (χ4n) is 1.70. The lowest BCUT2D eigenvalue weighted by Gasteiger charge is -2.27. The quantitative estimate of drug-likeness (QED) is 0.648. The highest BCUT2D eigenvalue weighted by Crippen LogP contribution is 2.30. The van der Waals surface area contributed by atoms with Gasteiger partial charge in [0.1, 0.15) is 0 Å². The van der Waals surface area contributed by atoms with E-state index in [9.17, 15) is 0 Å². The Balaban J connectivity index is 3.02. The molecule has 0 atom stereocenters. The predicted octanol–water partition coefficient (Wildman–Crippen LogP) is 3.10. The maximum Gasteiger partial charge on any atom is 0.0230 e. The van der Waals surface area contributed by atoms with Crippen molar-refractivity contribution in [2.45, 2.75) is 39.0 Å². The van der Waals surface area contributed by atoms with Gasteiger partial charge in [0.15, 0.2) is 0 Å². The van der Waals surface area contributed by atoms with Crippen LogP contribution >= 0.6 is 0 Å². The fourth-order valence-corrected chi connectivity index (χ4v) is 1.70. The zero-order chi connectivity index (χ0) is 9.19. The van der Waals surface area contributed by atoms with Crippen molar-refractivity contribution >= 4 is 0 Å². The van der Waals surface area contributed by atoms with E-state index in [4.69, 9.17) is 0 Å². The molecule has 1 aromatic rings. The Morgan fingerprint density at radius 1 is 1.33 bits per heavy atom. The molecule has 0 fully saturated rings. The zero-order valence-electron chi connectivity index (χ0n) is 8.59. The van der Waals surface area contributed by atoms with Crippen molar-refractivity contribution < 1.29 is 0 Å². The van der Waals surface area contributed by atoms with Crippen molar-refractivity contribution in [3.8, 4) is 0 Å². The van der Waals surface area contributed by atoms with Crippen LogP contribution in [0.15, 0.2) is 18.3 Å². The molecule has 1 rings (SSSR count). The van der Waals surface area contributed by atoms with Crippen molar-refractivity contribution in [2.24, 2.45) is 7.05 Å². The minimum atomic E-state index is 0.359. The maximum atomic E-state index is 2.34. The van der Waals surface area contributed by atoms with Gasteiger partial charge in [0.05, 0.1) is 0 Å². The molecule has 12 heavy (non-hydrogen) atoms. The summed E-state index contributed by atoms with van der Waals surface area (Å²) in [4.78, 5) is 0. The summed E-state index contributed by atoms with van der Waals surface area (Å²) in [6.07, 6.45) is 4.54. The highest BCUT2D eigenvalue weighted by atomic mass is 14.9. The molecule has 0 aliphatic heterocycles. The van der Waals surface area contributed by atoms with E-state index in [1.54, 1.807) is 0 Å². The zero-order valence-corrected chi connectivity index (χ0v) is 8.59. The van der Waals surface area contributed by atoms with Crippen molar-refractivity contribution in [1.29, 1.82) is 0 Å². The molecule has 0 saturated carbocycles. The Morgan fingerprint density at radius 2 is 1.92 bits per heavy atom. The summed E-state index contributed by atoms with van der Waals surface area (Å²) in [7, 11) is 2.12. The molecule has 0 amide bonds. The van der Waals surface area contributed by atoms with Gasteiger partial charge in [0, 0.05) is 24.4 Å². The van der Waals surface area contributed by atoms with Gasteiger partial charge in [-0.1, -0.05) is 20.8 Å². The topological polar surface area (TPSA) is 4.93 Å². The summed E-state index contributed by atoms with van der Waals surface area (Å²) in [6.45, 7) is 6.86. The van der Waals surface area contributed by atoms with E-state index in [1.165, 1.54) is 18.5 Å². The molecule has 0 radical (unpaired) electrons. The lowest BCUT2D eigenvalue weighted by molar-refractivity contribution is 0.413. The molecule has 1 heterocycles. The summed E-state index contributed by atoms with van der Waals surface area (Å²) in [6, 6.07) is 4.35. The van der Waals surface area contributed by atoms with Crippen LogP contribution in [0.2, 0.25) is 0 Å². The van der Waals surface area contributed by atoms with E-state index in [0.29, 0.717) is 5.41 Å². The van der Waals surface area contributed by atoms with Crippen molar-refractivity contribution in [2.75, 3.05) is 0 Å². The lowest BCUT2D eigenvalue weighted by Crippen LogP contribution is -2.22. The molecule has 1 heteroatoms. The van der Waals surface area contributed by atoms with Crippen LogP contribution in [0.5, 0.6) is 0 Å². The first-order valence-corrected chi connectivity index (χ1v) is 4.76. The summed E-state index contributed by atoms with van der Waals surface area (Å²) in [5.41, 5.74) is 1.81. The second kappa shape index (κ2) is 3.34. The van der Waals surface area contributed by atoms with Crippen LogP contribution in [0, 0.1) is 0 Å². The van der Waals surface area contributed by atoms with Gasteiger partial charge in [-0.15, -0.1) is 0 Å². The first-order chi connectivity index (χ1) is 5.64. The summed E-state index contributed by atoms with van der Waals surface area (Å²) >= 11 is 0. The van der Waals surface area contributed by atoms with Crippen molar-refractivity contribution in [3.63, 3.8) is 0 Å². The van der Waals surface area contributed by atoms with Gasteiger partial charge >= 0.3 is 0 Å². The molecule has 0 N–H and O–H groups in total. The molecular formula is C11H19N. The smallest absolute Gasteiger partial charge is 0.0230 e. The van der Waals surface area contributed by atoms with Gasteiger partial charge in [-0.2, -0.15) is 0 Å². The van der Waals surface area contributed by atoms with Gasteiger partial charge in [0.25, 0.3) is 0 Å². The summed E-state index contributed by atoms with van der Waals surface area (Å²) in [5, 5.41) is 0. The standard InChI is InChI=1S/C11H19N/c1-5-11(3,6-2)10-8-7-9-12(10)4/h7-9H,5-6H2,1-4H3. The van der Waals surface area contributed by atoms with Crippen LogP contribution < -0.4 is 0 Å². The van der Waals surface area contributed by atoms with Crippen LogP contribution in [0.25, 0.3) is 0 Å². The number of aromatic nitrogens is 1. The number of nitrogens with zero attached hydrogens (tertiary/aromatic N) is 1. The SMILES string of the molecule is CCC(C)(CC)c1cccn1C. The molecule has 0 spiro atoms. The van der Waals surface area contributed by atoms with Crippen LogP contribution in [-0.2, 0) is 12.5 Å². The Morgan fingerprint density at radius 3 is 2.25 bits per heavy atom. The highest BCUT2D eigenvalue weighted by Gasteiger charge is 2.23. The number of rotatable bonds is 3. The van der Waals surface area contributed by atoms with Crippen molar-refractivity contribution in [1.82, 2.24) is 4.57 Å². The molecule has 0 aliphatic rings. The van der Waals surface area contributed by atoms with E-state index in [-0.39, 0.29) is 0 Å². The molecule has 0 aliphatic carbocycles. The van der Waals surface area contributed by atoms with Gasteiger partial charge in [-0.05, 0) is 25.0 Å². The Labute approximate surface area is 75.4 Å². The average Bonchev–Trinajstić information content (AvgIpc) is 2.51. The van der Waals surface area contributed by atoms with Crippen LogP contribution in [-0.4, -0.2) is 4.57 Å². The van der Waals surface area contributed by atoms with Gasteiger partial charge in [-0.3, -0.25) is 0 Å². The van der Waals surface area contributed by atoms with E-state index in [2.05, 4.69) is 50.7 Å². The number of hydrogen-bond acceptors (Lipinski definition) is 0. The maximum absolute atomic E-state index is 2.34. The summed E-state index contributed by atoms with van der Waals surface area (Å²) < 4.78 is 2.23. The Bertz CT molecular complexity index is 243. The first kappa shape index (κ1) is 9.37. The van der Waals surface area contributed by atoms with E-state index in [0.717, 1.165) is 0 Å². The van der Waals surface area contributed by atoms with Crippen LogP contribution in [0.4, 0.5) is 0 Å². The second-order valence-corrected chi connectivity index (χ2v) is 3.77. The molecule has 1 nitrogen and oxygen atoms in total. The minimum absolute atomic E-state index is 0.359. The van der Waals surface area contributed by atoms with E-state index < -0.39 is 0 Å². The average molecular weight is 165 g/mol.